The highest BCUT2D eigenvalue weighted by Gasteiger charge is 2.08. The second-order valence-corrected chi connectivity index (χ2v) is 2.41. The molecule has 1 rings (SSSR count). The fraction of sp³-hybridized carbons (Fsp3) is 0.333. The minimum absolute atomic E-state index is 0. The highest BCUT2D eigenvalue weighted by Crippen LogP contribution is 2.29. The van der Waals surface area contributed by atoms with Crippen molar-refractivity contribution in [3.05, 3.63) is 24.0 Å². The van der Waals surface area contributed by atoms with Crippen LogP contribution in [0.3, 0.4) is 0 Å². The molecule has 0 aromatic heterocycles. The van der Waals surface area contributed by atoms with Crippen molar-refractivity contribution in [3.8, 4) is 11.5 Å². The van der Waals surface area contributed by atoms with Crippen LogP contribution in [-0.4, -0.2) is 20.3 Å². The normalized spacial score (nSPS) is 9.07. The van der Waals surface area contributed by atoms with E-state index >= 15 is 0 Å². The number of para-hydroxylation sites is 1. The molecule has 1 aromatic rings. The monoisotopic (exact) mass is 221 g/mol. The summed E-state index contributed by atoms with van der Waals surface area (Å²) < 4.78 is 23.1. The summed E-state index contributed by atoms with van der Waals surface area (Å²) in [5, 5.41) is 0. The van der Waals surface area contributed by atoms with E-state index in [0.29, 0.717) is 12.3 Å². The van der Waals surface area contributed by atoms with Gasteiger partial charge in [0.25, 0.3) is 0 Å². The first-order valence-corrected chi connectivity index (χ1v) is 3.95. The average Bonchev–Trinajstić information content (AvgIpc) is 2.15. The molecule has 0 radical (unpaired) electrons. The molecular formula is C9H13ClFNO2. The van der Waals surface area contributed by atoms with Crippen LogP contribution in [-0.2, 0) is 0 Å². The number of hydrogen-bond donors (Lipinski definition) is 1. The smallest absolute Gasteiger partial charge is 0.197 e. The van der Waals surface area contributed by atoms with Gasteiger partial charge in [-0.1, -0.05) is 6.07 Å². The molecule has 0 atom stereocenters. The predicted molar refractivity (Wildman–Crippen MR) is 54.7 cm³/mol. The Morgan fingerprint density at radius 2 is 2.14 bits per heavy atom. The Morgan fingerprint density at radius 3 is 2.71 bits per heavy atom. The number of benzene rings is 1. The van der Waals surface area contributed by atoms with Gasteiger partial charge in [0, 0.05) is 6.54 Å². The van der Waals surface area contributed by atoms with Crippen LogP contribution in [0.15, 0.2) is 18.2 Å². The van der Waals surface area contributed by atoms with Gasteiger partial charge in [-0.15, -0.1) is 12.4 Å². The quantitative estimate of drug-likeness (QED) is 0.840. The maximum atomic E-state index is 13.1. The Balaban J connectivity index is 0.00000169. The topological polar surface area (TPSA) is 44.5 Å². The molecule has 0 fully saturated rings. The van der Waals surface area contributed by atoms with Crippen LogP contribution in [0.5, 0.6) is 11.5 Å². The summed E-state index contributed by atoms with van der Waals surface area (Å²) in [6, 6.07) is 4.51. The van der Waals surface area contributed by atoms with Gasteiger partial charge in [0.1, 0.15) is 6.61 Å². The SMILES string of the molecule is COc1cccc(F)c1OCCN.Cl. The largest absolute Gasteiger partial charge is 0.493 e. The summed E-state index contributed by atoms with van der Waals surface area (Å²) in [4.78, 5) is 0. The lowest BCUT2D eigenvalue weighted by Crippen LogP contribution is -2.11. The molecule has 0 aliphatic carbocycles. The molecule has 5 heteroatoms. The zero-order chi connectivity index (χ0) is 9.68. The molecule has 0 aliphatic heterocycles. The van der Waals surface area contributed by atoms with E-state index in [4.69, 9.17) is 15.2 Å². The van der Waals surface area contributed by atoms with E-state index in [2.05, 4.69) is 0 Å². The standard InChI is InChI=1S/C9H12FNO2.ClH/c1-12-8-4-2-3-7(10)9(8)13-6-5-11;/h2-4H,5-6,11H2,1H3;1H. The van der Waals surface area contributed by atoms with Gasteiger partial charge in [0.2, 0.25) is 0 Å². The number of ether oxygens (including phenoxy) is 2. The molecule has 2 N–H and O–H groups in total. The highest BCUT2D eigenvalue weighted by molar-refractivity contribution is 5.85. The van der Waals surface area contributed by atoms with E-state index in [9.17, 15) is 4.39 Å². The minimum atomic E-state index is -0.437. The van der Waals surface area contributed by atoms with Gasteiger partial charge < -0.3 is 15.2 Å². The van der Waals surface area contributed by atoms with Crippen molar-refractivity contribution in [1.29, 1.82) is 0 Å². The van der Waals surface area contributed by atoms with Crippen LogP contribution < -0.4 is 15.2 Å². The molecule has 0 aliphatic rings. The Labute approximate surface area is 88.4 Å². The molecule has 0 spiro atoms. The van der Waals surface area contributed by atoms with Crippen molar-refractivity contribution in [2.45, 2.75) is 0 Å². The van der Waals surface area contributed by atoms with Crippen molar-refractivity contribution in [2.24, 2.45) is 5.73 Å². The predicted octanol–water partition coefficient (Wildman–Crippen LogP) is 1.59. The molecule has 1 aromatic carbocycles. The van der Waals surface area contributed by atoms with E-state index in [-0.39, 0.29) is 24.8 Å². The lowest BCUT2D eigenvalue weighted by atomic mass is 10.3. The van der Waals surface area contributed by atoms with Gasteiger partial charge in [0.05, 0.1) is 7.11 Å². The summed E-state index contributed by atoms with van der Waals surface area (Å²) >= 11 is 0. The fourth-order valence-electron chi connectivity index (χ4n) is 0.951. The van der Waals surface area contributed by atoms with E-state index in [1.165, 1.54) is 13.2 Å². The van der Waals surface area contributed by atoms with Gasteiger partial charge in [0.15, 0.2) is 17.3 Å². The van der Waals surface area contributed by atoms with Crippen molar-refractivity contribution in [2.75, 3.05) is 20.3 Å². The summed E-state index contributed by atoms with van der Waals surface area (Å²) in [7, 11) is 1.46. The second-order valence-electron chi connectivity index (χ2n) is 2.41. The number of nitrogens with two attached hydrogens (primary N) is 1. The Kier molecular flexibility index (Phi) is 5.99. The molecule has 0 bridgehead atoms. The van der Waals surface area contributed by atoms with Gasteiger partial charge >= 0.3 is 0 Å². The van der Waals surface area contributed by atoms with Crippen LogP contribution in [0.4, 0.5) is 4.39 Å². The Morgan fingerprint density at radius 1 is 1.43 bits per heavy atom. The van der Waals surface area contributed by atoms with Crippen LogP contribution in [0.25, 0.3) is 0 Å². The molecule has 3 nitrogen and oxygen atoms in total. The maximum Gasteiger partial charge on any atom is 0.197 e. The minimum Gasteiger partial charge on any atom is -0.493 e. The van der Waals surface area contributed by atoms with Crippen molar-refractivity contribution >= 4 is 12.4 Å². The number of hydrogen-bond acceptors (Lipinski definition) is 3. The summed E-state index contributed by atoms with van der Waals surface area (Å²) in [6.07, 6.45) is 0. The fourth-order valence-corrected chi connectivity index (χ4v) is 0.951. The molecule has 14 heavy (non-hydrogen) atoms. The van der Waals surface area contributed by atoms with E-state index < -0.39 is 5.82 Å². The molecule has 0 heterocycles. The van der Waals surface area contributed by atoms with Crippen LogP contribution in [0.1, 0.15) is 0 Å². The third kappa shape index (κ3) is 3.05. The van der Waals surface area contributed by atoms with Gasteiger partial charge in [-0.05, 0) is 12.1 Å². The van der Waals surface area contributed by atoms with Crippen molar-refractivity contribution < 1.29 is 13.9 Å². The van der Waals surface area contributed by atoms with Gasteiger partial charge in [-0.2, -0.15) is 0 Å². The first-order chi connectivity index (χ1) is 6.29. The lowest BCUT2D eigenvalue weighted by Gasteiger charge is -2.09. The second kappa shape index (κ2) is 6.45. The van der Waals surface area contributed by atoms with E-state index in [0.717, 1.165) is 0 Å². The Bertz CT molecular complexity index is 284. The molecule has 0 amide bonds. The van der Waals surface area contributed by atoms with Crippen LogP contribution in [0, 0.1) is 5.82 Å². The third-order valence-electron chi connectivity index (χ3n) is 1.52. The average molecular weight is 222 g/mol. The molecule has 80 valence electrons. The Hall–Kier alpha value is -1.00. The van der Waals surface area contributed by atoms with Gasteiger partial charge in [-0.3, -0.25) is 0 Å². The molecule has 0 unspecified atom stereocenters. The highest BCUT2D eigenvalue weighted by atomic mass is 35.5. The molecule has 0 saturated carbocycles. The van der Waals surface area contributed by atoms with Crippen LogP contribution in [0.2, 0.25) is 0 Å². The van der Waals surface area contributed by atoms with Gasteiger partial charge in [-0.25, -0.2) is 4.39 Å². The molecule has 0 saturated heterocycles. The summed E-state index contributed by atoms with van der Waals surface area (Å²) in [6.45, 7) is 0.620. The summed E-state index contributed by atoms with van der Waals surface area (Å²) in [5.74, 6) is 0.0664. The zero-order valence-electron chi connectivity index (χ0n) is 7.83. The van der Waals surface area contributed by atoms with E-state index in [1.807, 2.05) is 0 Å². The number of rotatable bonds is 4. The number of halogens is 2. The zero-order valence-corrected chi connectivity index (χ0v) is 8.64. The van der Waals surface area contributed by atoms with Crippen molar-refractivity contribution in [3.63, 3.8) is 0 Å². The maximum absolute atomic E-state index is 13.1. The first-order valence-electron chi connectivity index (χ1n) is 3.95. The van der Waals surface area contributed by atoms with E-state index in [1.54, 1.807) is 12.1 Å². The summed E-state index contributed by atoms with van der Waals surface area (Å²) in [5.41, 5.74) is 5.23. The van der Waals surface area contributed by atoms with Crippen LogP contribution >= 0.6 is 12.4 Å². The number of methoxy groups -OCH3 is 1. The lowest BCUT2D eigenvalue weighted by molar-refractivity contribution is 0.287. The first kappa shape index (κ1) is 13.0. The molecular weight excluding hydrogens is 209 g/mol. The third-order valence-corrected chi connectivity index (χ3v) is 1.52. The van der Waals surface area contributed by atoms with Crippen molar-refractivity contribution in [1.82, 2.24) is 0 Å².